The first-order valence-corrected chi connectivity index (χ1v) is 6.37. The fourth-order valence-corrected chi connectivity index (χ4v) is 1.92. The van der Waals surface area contributed by atoms with E-state index < -0.39 is 0 Å². The minimum absolute atomic E-state index is 0.245. The summed E-state index contributed by atoms with van der Waals surface area (Å²) in [4.78, 5) is 12.3. The molecule has 6 heteroatoms. The summed E-state index contributed by atoms with van der Waals surface area (Å²) in [6.45, 7) is 6.07. The van der Waals surface area contributed by atoms with Crippen LogP contribution in [0.4, 0.5) is 11.4 Å². The van der Waals surface area contributed by atoms with Crippen molar-refractivity contribution in [1.82, 2.24) is 10.2 Å². The molecule has 6 nitrogen and oxygen atoms in total. The Morgan fingerprint density at radius 1 is 1.40 bits per heavy atom. The van der Waals surface area contributed by atoms with Gasteiger partial charge in [-0.3, -0.25) is 9.89 Å². The Morgan fingerprint density at radius 2 is 2.15 bits per heavy atom. The van der Waals surface area contributed by atoms with E-state index in [0.29, 0.717) is 29.3 Å². The molecule has 2 aromatic rings. The molecule has 0 aliphatic carbocycles. The van der Waals surface area contributed by atoms with Crippen LogP contribution in [0.2, 0.25) is 0 Å². The lowest BCUT2D eigenvalue weighted by Crippen LogP contribution is -2.13. The van der Waals surface area contributed by atoms with Crippen molar-refractivity contribution >= 4 is 17.3 Å². The van der Waals surface area contributed by atoms with Crippen LogP contribution in [-0.4, -0.2) is 22.7 Å². The number of rotatable bonds is 4. The summed E-state index contributed by atoms with van der Waals surface area (Å²) in [5.74, 6) is 0.337. The summed E-state index contributed by atoms with van der Waals surface area (Å²) < 4.78 is 5.38. The molecule has 0 aliphatic rings. The molecular formula is C14H18N4O2. The number of aromatic nitrogens is 2. The SMILES string of the molecule is CCOc1cc(N)cc(C(=O)Nc2c(C)n[nH]c2C)c1. The number of nitrogens with one attached hydrogen (secondary N) is 2. The maximum atomic E-state index is 12.3. The van der Waals surface area contributed by atoms with Crippen LogP contribution in [0.1, 0.15) is 28.7 Å². The molecule has 1 amide bonds. The summed E-state index contributed by atoms with van der Waals surface area (Å²) in [7, 11) is 0. The van der Waals surface area contributed by atoms with E-state index in [-0.39, 0.29) is 5.91 Å². The number of carbonyl (C=O) groups is 1. The first-order valence-electron chi connectivity index (χ1n) is 6.37. The number of amides is 1. The van der Waals surface area contributed by atoms with Gasteiger partial charge in [-0.15, -0.1) is 0 Å². The van der Waals surface area contributed by atoms with Crippen molar-refractivity contribution in [2.45, 2.75) is 20.8 Å². The lowest BCUT2D eigenvalue weighted by molar-refractivity contribution is 0.102. The molecule has 0 atom stereocenters. The number of ether oxygens (including phenoxy) is 1. The smallest absolute Gasteiger partial charge is 0.255 e. The van der Waals surface area contributed by atoms with Gasteiger partial charge in [0.2, 0.25) is 0 Å². The topological polar surface area (TPSA) is 93.0 Å². The van der Waals surface area contributed by atoms with Gasteiger partial charge < -0.3 is 15.8 Å². The van der Waals surface area contributed by atoms with Crippen LogP contribution < -0.4 is 15.8 Å². The van der Waals surface area contributed by atoms with Gasteiger partial charge in [0.1, 0.15) is 5.75 Å². The minimum Gasteiger partial charge on any atom is -0.494 e. The lowest BCUT2D eigenvalue weighted by atomic mass is 10.1. The van der Waals surface area contributed by atoms with E-state index in [4.69, 9.17) is 10.5 Å². The van der Waals surface area contributed by atoms with Gasteiger partial charge in [0.25, 0.3) is 5.91 Å². The zero-order valence-electron chi connectivity index (χ0n) is 11.8. The zero-order valence-corrected chi connectivity index (χ0v) is 11.8. The molecule has 1 aromatic heterocycles. The fourth-order valence-electron chi connectivity index (χ4n) is 1.92. The Balaban J connectivity index is 2.25. The van der Waals surface area contributed by atoms with E-state index in [1.54, 1.807) is 18.2 Å². The predicted molar refractivity (Wildman–Crippen MR) is 78.0 cm³/mol. The summed E-state index contributed by atoms with van der Waals surface area (Å²) >= 11 is 0. The van der Waals surface area contributed by atoms with Crippen LogP contribution >= 0.6 is 0 Å². The number of hydrogen-bond donors (Lipinski definition) is 3. The van der Waals surface area contributed by atoms with Crippen molar-refractivity contribution in [3.63, 3.8) is 0 Å². The number of nitrogens with two attached hydrogens (primary N) is 1. The monoisotopic (exact) mass is 274 g/mol. The van der Waals surface area contributed by atoms with Crippen LogP contribution in [0.3, 0.4) is 0 Å². The molecule has 0 saturated heterocycles. The molecule has 0 radical (unpaired) electrons. The van der Waals surface area contributed by atoms with E-state index >= 15 is 0 Å². The molecule has 0 aliphatic heterocycles. The van der Waals surface area contributed by atoms with Gasteiger partial charge in [-0.05, 0) is 32.9 Å². The Hall–Kier alpha value is -2.50. The number of nitrogens with zero attached hydrogens (tertiary/aromatic N) is 1. The molecule has 20 heavy (non-hydrogen) atoms. The molecule has 0 spiro atoms. The van der Waals surface area contributed by atoms with Crippen LogP contribution in [0.25, 0.3) is 0 Å². The van der Waals surface area contributed by atoms with Crippen LogP contribution in [0.15, 0.2) is 18.2 Å². The molecule has 106 valence electrons. The number of aryl methyl sites for hydroxylation is 2. The Kier molecular flexibility index (Phi) is 3.93. The van der Waals surface area contributed by atoms with Crippen LogP contribution in [-0.2, 0) is 0 Å². The first kappa shape index (κ1) is 13.9. The van der Waals surface area contributed by atoms with Gasteiger partial charge in [0.05, 0.1) is 23.7 Å². The van der Waals surface area contributed by atoms with Gasteiger partial charge >= 0.3 is 0 Å². The van der Waals surface area contributed by atoms with Crippen LogP contribution in [0.5, 0.6) is 5.75 Å². The minimum atomic E-state index is -0.245. The molecular weight excluding hydrogens is 256 g/mol. The Bertz CT molecular complexity index is 615. The number of H-pyrrole nitrogens is 1. The second-order valence-electron chi connectivity index (χ2n) is 4.49. The molecule has 0 fully saturated rings. The molecule has 1 aromatic carbocycles. The van der Waals surface area contributed by atoms with E-state index in [9.17, 15) is 4.79 Å². The normalized spacial score (nSPS) is 10.3. The van der Waals surface area contributed by atoms with Crippen molar-refractivity contribution in [2.24, 2.45) is 0 Å². The van der Waals surface area contributed by atoms with Gasteiger partial charge in [-0.25, -0.2) is 0 Å². The maximum absolute atomic E-state index is 12.3. The van der Waals surface area contributed by atoms with E-state index in [1.165, 1.54) is 0 Å². The van der Waals surface area contributed by atoms with Gasteiger partial charge in [-0.2, -0.15) is 5.10 Å². The van der Waals surface area contributed by atoms with Crippen molar-refractivity contribution in [2.75, 3.05) is 17.7 Å². The van der Waals surface area contributed by atoms with E-state index in [1.807, 2.05) is 20.8 Å². The average molecular weight is 274 g/mol. The third-order valence-corrected chi connectivity index (χ3v) is 2.87. The van der Waals surface area contributed by atoms with Crippen molar-refractivity contribution < 1.29 is 9.53 Å². The van der Waals surface area contributed by atoms with E-state index in [2.05, 4.69) is 15.5 Å². The third kappa shape index (κ3) is 2.90. The molecule has 0 unspecified atom stereocenters. The highest BCUT2D eigenvalue weighted by molar-refractivity contribution is 6.05. The van der Waals surface area contributed by atoms with Gasteiger partial charge in [0, 0.05) is 17.3 Å². The van der Waals surface area contributed by atoms with E-state index in [0.717, 1.165) is 11.4 Å². The number of hydrogen-bond acceptors (Lipinski definition) is 4. The molecule has 0 bridgehead atoms. The summed E-state index contributed by atoms with van der Waals surface area (Å²) in [6.07, 6.45) is 0. The zero-order chi connectivity index (χ0) is 14.7. The summed E-state index contributed by atoms with van der Waals surface area (Å²) in [6, 6.07) is 4.97. The number of carbonyl (C=O) groups excluding carboxylic acids is 1. The van der Waals surface area contributed by atoms with Crippen molar-refractivity contribution in [1.29, 1.82) is 0 Å². The first-order chi connectivity index (χ1) is 9.51. The summed E-state index contributed by atoms with van der Waals surface area (Å²) in [5.41, 5.74) is 8.96. The average Bonchev–Trinajstić information content (AvgIpc) is 2.70. The maximum Gasteiger partial charge on any atom is 0.255 e. The number of anilines is 2. The third-order valence-electron chi connectivity index (χ3n) is 2.87. The second-order valence-corrected chi connectivity index (χ2v) is 4.49. The summed E-state index contributed by atoms with van der Waals surface area (Å²) in [5, 5.41) is 9.69. The number of nitrogen functional groups attached to an aromatic ring is 1. The Labute approximate surface area is 117 Å². The molecule has 2 rings (SSSR count). The van der Waals surface area contributed by atoms with Gasteiger partial charge in [-0.1, -0.05) is 0 Å². The molecule has 0 saturated carbocycles. The number of aromatic amines is 1. The molecule has 1 heterocycles. The number of benzene rings is 1. The van der Waals surface area contributed by atoms with Gasteiger partial charge in [0.15, 0.2) is 0 Å². The van der Waals surface area contributed by atoms with Crippen molar-refractivity contribution in [3.05, 3.63) is 35.2 Å². The standard InChI is InChI=1S/C14H18N4O2/c1-4-20-12-6-10(5-11(15)7-12)14(19)16-13-8(2)17-18-9(13)3/h5-7H,4,15H2,1-3H3,(H,16,19)(H,17,18). The predicted octanol–water partition coefficient (Wildman–Crippen LogP) is 2.26. The fraction of sp³-hybridized carbons (Fsp3) is 0.286. The highest BCUT2D eigenvalue weighted by Gasteiger charge is 2.13. The molecule has 4 N–H and O–H groups in total. The largest absolute Gasteiger partial charge is 0.494 e. The highest BCUT2D eigenvalue weighted by Crippen LogP contribution is 2.22. The van der Waals surface area contributed by atoms with Crippen LogP contribution in [0, 0.1) is 13.8 Å². The lowest BCUT2D eigenvalue weighted by Gasteiger charge is -2.09. The van der Waals surface area contributed by atoms with Crippen molar-refractivity contribution in [3.8, 4) is 5.75 Å². The quantitative estimate of drug-likeness (QED) is 0.745. The Morgan fingerprint density at radius 3 is 2.75 bits per heavy atom. The second kappa shape index (κ2) is 5.64. The highest BCUT2D eigenvalue weighted by atomic mass is 16.5.